The fourth-order valence-corrected chi connectivity index (χ4v) is 13.6. The number of aliphatic hydroxyl groups excluding tert-OH is 1. The number of aliphatic hydroxyl groups is 1. The lowest BCUT2D eigenvalue weighted by Crippen LogP contribution is -2.30. The molecular weight excluding hydrogens is 1280 g/mol. The molecule has 0 amide bonds. The van der Waals surface area contributed by atoms with Crippen molar-refractivity contribution in [1.29, 1.82) is 0 Å². The van der Waals surface area contributed by atoms with E-state index in [1.54, 1.807) is 0 Å². The number of ether oxygens (including phenoxy) is 4. The number of unbranched alkanes of at least 4 members (excludes halogenated alkanes) is 51. The van der Waals surface area contributed by atoms with Crippen molar-refractivity contribution in [2.75, 3.05) is 39.6 Å². The molecule has 0 saturated carbocycles. The number of hydrogen-bond donors (Lipinski definition) is 3. The van der Waals surface area contributed by atoms with Crippen molar-refractivity contribution >= 4 is 39.5 Å². The van der Waals surface area contributed by atoms with Crippen molar-refractivity contribution in [2.45, 2.75) is 431 Å². The second kappa shape index (κ2) is 73.1. The zero-order valence-electron chi connectivity index (χ0n) is 63.5. The van der Waals surface area contributed by atoms with Crippen molar-refractivity contribution in [1.82, 2.24) is 0 Å². The quantitative estimate of drug-likeness (QED) is 0.0169. The third-order valence-electron chi connectivity index (χ3n) is 18.3. The van der Waals surface area contributed by atoms with Crippen LogP contribution < -0.4 is 0 Å². The van der Waals surface area contributed by atoms with Crippen LogP contribution in [0, 0.1) is 0 Å². The molecule has 0 aromatic carbocycles. The molecule has 0 saturated heterocycles. The first-order valence-electron chi connectivity index (χ1n) is 40.9. The summed E-state index contributed by atoms with van der Waals surface area (Å²) in [6.07, 6.45) is 66.0. The van der Waals surface area contributed by atoms with Gasteiger partial charge in [-0.25, -0.2) is 9.13 Å². The summed E-state index contributed by atoms with van der Waals surface area (Å²) in [5.41, 5.74) is 0. The van der Waals surface area contributed by atoms with E-state index in [1.807, 2.05) is 0 Å². The van der Waals surface area contributed by atoms with Crippen LogP contribution in [-0.2, 0) is 65.4 Å². The molecule has 0 heterocycles. The molecule has 580 valence electrons. The lowest BCUT2D eigenvalue weighted by molar-refractivity contribution is -0.161. The SMILES string of the molecule is CCCCCC/C=C\CCCCCCCCCC(=O)OC[C@H](COP(=O)(O)OC[C@@H](O)COP(=O)(O)OC[C@@H](COC(=O)CCCCCCCCCCCCCCCCC)OC(=O)CCCCCCCCCCCCCCCCC)OC(=O)CCCCCCCCCCCCCCC. The van der Waals surface area contributed by atoms with E-state index in [0.29, 0.717) is 25.7 Å². The van der Waals surface area contributed by atoms with Crippen molar-refractivity contribution in [3.63, 3.8) is 0 Å². The average Bonchev–Trinajstić information content (AvgIpc) is 0.959. The van der Waals surface area contributed by atoms with Crippen LogP contribution in [0.5, 0.6) is 0 Å². The number of phosphoric acid groups is 2. The van der Waals surface area contributed by atoms with Crippen molar-refractivity contribution in [3.8, 4) is 0 Å². The van der Waals surface area contributed by atoms with Crippen LogP contribution in [0.15, 0.2) is 12.2 Å². The zero-order valence-corrected chi connectivity index (χ0v) is 65.3. The number of esters is 4. The first-order valence-corrected chi connectivity index (χ1v) is 43.9. The van der Waals surface area contributed by atoms with Gasteiger partial charge in [-0.1, -0.05) is 348 Å². The Kier molecular flexibility index (Phi) is 71.5. The van der Waals surface area contributed by atoms with Crippen LogP contribution in [0.4, 0.5) is 0 Å². The number of phosphoric ester groups is 2. The first-order chi connectivity index (χ1) is 47.7. The minimum absolute atomic E-state index is 0.106. The minimum Gasteiger partial charge on any atom is -0.462 e. The Morgan fingerprint density at radius 3 is 0.714 bits per heavy atom. The summed E-state index contributed by atoms with van der Waals surface area (Å²) in [7, 11) is -9.92. The first kappa shape index (κ1) is 95.8. The van der Waals surface area contributed by atoms with Gasteiger partial charge in [-0.05, 0) is 51.4 Å². The normalized spacial score (nSPS) is 13.9. The van der Waals surface area contributed by atoms with Gasteiger partial charge in [-0.15, -0.1) is 0 Å². The lowest BCUT2D eigenvalue weighted by Gasteiger charge is -2.21. The Hall–Kier alpha value is -2.20. The standard InChI is InChI=1S/C79H152O17P2/c1-5-9-13-17-21-25-29-33-36-40-43-47-51-55-59-63-76(81)89-69-74(95-78(83)65-61-57-53-49-45-39-32-28-24-20-16-12-8-4)71-93-97(85,86)91-67-73(80)68-92-98(87,88)94-72-75(96-79(84)66-62-58-54-50-46-42-38-35-31-27-23-19-15-11-7-3)70-90-77(82)64-60-56-52-48-44-41-37-34-30-26-22-18-14-10-6-2/h25,29,73-75,80H,5-24,26-28,30-72H2,1-4H3,(H,85,86)(H,87,88)/b29-25-/t73-,74-,75-/m1/s1. The molecule has 98 heavy (non-hydrogen) atoms. The topological polar surface area (TPSA) is 237 Å². The highest BCUT2D eigenvalue weighted by Crippen LogP contribution is 2.45. The Bertz CT molecular complexity index is 1910. The van der Waals surface area contributed by atoms with E-state index in [-0.39, 0.29) is 25.7 Å². The molecule has 0 aromatic rings. The van der Waals surface area contributed by atoms with Crippen molar-refractivity contribution < 1.29 is 80.2 Å². The second-order valence-electron chi connectivity index (χ2n) is 28.1. The monoisotopic (exact) mass is 1440 g/mol. The van der Waals surface area contributed by atoms with Crippen LogP contribution >= 0.6 is 15.6 Å². The largest absolute Gasteiger partial charge is 0.472 e. The highest BCUT2D eigenvalue weighted by Gasteiger charge is 2.30. The summed E-state index contributed by atoms with van der Waals surface area (Å²) >= 11 is 0. The predicted octanol–water partition coefficient (Wildman–Crippen LogP) is 23.6. The molecule has 0 aliphatic carbocycles. The lowest BCUT2D eigenvalue weighted by atomic mass is 10.0. The highest BCUT2D eigenvalue weighted by atomic mass is 31.2. The Morgan fingerprint density at radius 2 is 0.469 bits per heavy atom. The smallest absolute Gasteiger partial charge is 0.462 e. The maximum atomic E-state index is 13.1. The Morgan fingerprint density at radius 1 is 0.276 bits per heavy atom. The van der Waals surface area contributed by atoms with Gasteiger partial charge in [-0.3, -0.25) is 37.3 Å². The van der Waals surface area contributed by atoms with E-state index in [2.05, 4.69) is 39.8 Å². The van der Waals surface area contributed by atoms with Gasteiger partial charge < -0.3 is 33.8 Å². The second-order valence-corrected chi connectivity index (χ2v) is 31.0. The fourth-order valence-electron chi connectivity index (χ4n) is 12.0. The number of carbonyl (C=O) groups is 4. The molecule has 0 radical (unpaired) electrons. The number of allylic oxidation sites excluding steroid dienone is 2. The van der Waals surface area contributed by atoms with E-state index in [4.69, 9.17) is 37.0 Å². The summed E-state index contributed by atoms with van der Waals surface area (Å²) < 4.78 is 68.7. The number of rotatable bonds is 79. The van der Waals surface area contributed by atoms with Gasteiger partial charge in [0.05, 0.1) is 26.4 Å². The molecule has 0 bridgehead atoms. The molecule has 0 rings (SSSR count). The minimum atomic E-state index is -4.96. The molecule has 0 aliphatic rings. The maximum Gasteiger partial charge on any atom is 0.472 e. The fraction of sp³-hybridized carbons (Fsp3) is 0.924. The molecule has 0 fully saturated rings. The maximum absolute atomic E-state index is 13.1. The van der Waals surface area contributed by atoms with Gasteiger partial charge in [0.1, 0.15) is 19.3 Å². The van der Waals surface area contributed by atoms with Crippen LogP contribution in [0.3, 0.4) is 0 Å². The van der Waals surface area contributed by atoms with Gasteiger partial charge in [-0.2, -0.15) is 0 Å². The molecule has 5 atom stereocenters. The van der Waals surface area contributed by atoms with Gasteiger partial charge in [0.2, 0.25) is 0 Å². The Labute approximate surface area is 600 Å². The average molecular weight is 1440 g/mol. The molecule has 3 N–H and O–H groups in total. The predicted molar refractivity (Wildman–Crippen MR) is 400 cm³/mol. The van der Waals surface area contributed by atoms with Gasteiger partial charge >= 0.3 is 39.5 Å². The van der Waals surface area contributed by atoms with E-state index < -0.39 is 97.5 Å². The molecule has 19 heteroatoms. The summed E-state index contributed by atoms with van der Waals surface area (Å²) in [5.74, 6) is -2.12. The third kappa shape index (κ3) is 72.2. The summed E-state index contributed by atoms with van der Waals surface area (Å²) in [6.45, 7) is 4.99. The zero-order chi connectivity index (χ0) is 71.8. The number of carbonyl (C=O) groups excluding carboxylic acids is 4. The summed E-state index contributed by atoms with van der Waals surface area (Å²) in [5, 5.41) is 10.6. The molecular formula is C79H152O17P2. The Balaban J connectivity index is 5.27. The van der Waals surface area contributed by atoms with Crippen LogP contribution in [0.1, 0.15) is 413 Å². The molecule has 2 unspecified atom stereocenters. The van der Waals surface area contributed by atoms with Gasteiger partial charge in [0, 0.05) is 25.7 Å². The van der Waals surface area contributed by atoms with Crippen LogP contribution in [-0.4, -0.2) is 96.7 Å². The van der Waals surface area contributed by atoms with E-state index in [0.717, 1.165) is 103 Å². The van der Waals surface area contributed by atoms with E-state index in [9.17, 15) is 43.2 Å². The van der Waals surface area contributed by atoms with Gasteiger partial charge in [0.15, 0.2) is 12.2 Å². The molecule has 0 aromatic heterocycles. The van der Waals surface area contributed by atoms with E-state index >= 15 is 0 Å². The number of hydrogen-bond acceptors (Lipinski definition) is 15. The van der Waals surface area contributed by atoms with Crippen molar-refractivity contribution in [3.05, 3.63) is 12.2 Å². The third-order valence-corrected chi connectivity index (χ3v) is 20.2. The van der Waals surface area contributed by atoms with E-state index in [1.165, 1.54) is 231 Å². The van der Waals surface area contributed by atoms with Crippen molar-refractivity contribution in [2.24, 2.45) is 0 Å². The van der Waals surface area contributed by atoms with Gasteiger partial charge in [0.25, 0.3) is 0 Å². The molecule has 0 spiro atoms. The van der Waals surface area contributed by atoms with Crippen LogP contribution in [0.25, 0.3) is 0 Å². The summed E-state index contributed by atoms with van der Waals surface area (Å²) in [6, 6.07) is 0. The van der Waals surface area contributed by atoms with Crippen LogP contribution in [0.2, 0.25) is 0 Å². The summed E-state index contributed by atoms with van der Waals surface area (Å²) in [4.78, 5) is 73.0. The highest BCUT2D eigenvalue weighted by molar-refractivity contribution is 7.47. The molecule has 0 aliphatic heterocycles. The molecule has 17 nitrogen and oxygen atoms in total.